The number of ether oxygens (including phenoxy) is 1. The Morgan fingerprint density at radius 2 is 1.77 bits per heavy atom. The Balaban J connectivity index is 0.00000196. The van der Waals surface area contributed by atoms with Crippen molar-refractivity contribution in [1.82, 2.24) is 4.90 Å². The number of nitrogens with zero attached hydrogens (tertiary/aromatic N) is 2. The number of amides is 2. The van der Waals surface area contributed by atoms with Crippen LogP contribution < -0.4 is 21.5 Å². The Morgan fingerprint density at radius 3 is 2.42 bits per heavy atom. The molecular formula is C20H25BrN2O3. The van der Waals surface area contributed by atoms with Crippen LogP contribution in [0.3, 0.4) is 0 Å². The molecule has 4 heterocycles. The van der Waals surface area contributed by atoms with E-state index in [4.69, 9.17) is 4.74 Å². The molecule has 2 bridgehead atoms. The maximum absolute atomic E-state index is 12.7. The minimum Gasteiger partial charge on any atom is -1.00 e. The largest absolute Gasteiger partial charge is 1.00 e. The number of aryl methyl sites for hydroxylation is 1. The summed E-state index contributed by atoms with van der Waals surface area (Å²) in [5.41, 5.74) is 1.00. The van der Waals surface area contributed by atoms with E-state index in [0.717, 1.165) is 18.5 Å². The van der Waals surface area contributed by atoms with E-state index in [1.807, 2.05) is 24.3 Å². The van der Waals surface area contributed by atoms with Gasteiger partial charge >= 0.3 is 0 Å². The number of unbranched alkanes of at least 4 members (excludes halogenated alkanes) is 3. The molecule has 0 radical (unpaired) electrons. The zero-order chi connectivity index (χ0) is 17.4. The molecule has 5 nitrogen and oxygen atoms in total. The minimum atomic E-state index is -0.313. The normalized spacial score (nSPS) is 28.6. The summed E-state index contributed by atoms with van der Waals surface area (Å²) < 4.78 is 7.84. The van der Waals surface area contributed by atoms with Gasteiger partial charge in [0.25, 0.3) is 0 Å². The fourth-order valence-electron chi connectivity index (χ4n) is 4.23. The highest BCUT2D eigenvalue weighted by Crippen LogP contribution is 2.45. The van der Waals surface area contributed by atoms with Gasteiger partial charge < -0.3 is 21.7 Å². The maximum Gasteiger partial charge on any atom is 0.236 e. The summed E-state index contributed by atoms with van der Waals surface area (Å²) in [7, 11) is 0. The molecular weight excluding hydrogens is 396 g/mol. The summed E-state index contributed by atoms with van der Waals surface area (Å²) in [6, 6.07) is 3.98. The van der Waals surface area contributed by atoms with Crippen LogP contribution in [0.2, 0.25) is 0 Å². The monoisotopic (exact) mass is 420 g/mol. The van der Waals surface area contributed by atoms with E-state index in [2.05, 4.69) is 23.9 Å². The lowest BCUT2D eigenvalue weighted by Crippen LogP contribution is -3.00. The fourth-order valence-corrected chi connectivity index (χ4v) is 4.23. The molecule has 3 aliphatic rings. The fraction of sp³-hybridized carbons (Fsp3) is 0.550. The van der Waals surface area contributed by atoms with Crippen molar-refractivity contribution in [3.05, 3.63) is 42.2 Å². The smallest absolute Gasteiger partial charge is 0.236 e. The second kappa shape index (κ2) is 8.01. The average Bonchev–Trinajstić information content (AvgIpc) is 3.29. The van der Waals surface area contributed by atoms with Crippen LogP contribution in [0.15, 0.2) is 36.7 Å². The summed E-state index contributed by atoms with van der Waals surface area (Å²) in [5.74, 6) is -0.782. The molecule has 140 valence electrons. The molecule has 0 spiro atoms. The summed E-state index contributed by atoms with van der Waals surface area (Å²) in [5, 5.41) is 0. The molecule has 3 aliphatic heterocycles. The Labute approximate surface area is 164 Å². The van der Waals surface area contributed by atoms with Gasteiger partial charge in [-0.05, 0) is 12.5 Å². The lowest BCUT2D eigenvalue weighted by Gasteiger charge is -2.17. The first-order valence-corrected chi connectivity index (χ1v) is 9.36. The molecule has 1 aromatic rings. The van der Waals surface area contributed by atoms with Crippen LogP contribution in [-0.2, 0) is 27.4 Å². The highest BCUT2D eigenvalue weighted by atomic mass is 79.9. The van der Waals surface area contributed by atoms with E-state index in [1.165, 1.54) is 24.2 Å². The Bertz CT molecular complexity index is 691. The number of hydrogen-bond acceptors (Lipinski definition) is 3. The van der Waals surface area contributed by atoms with Crippen LogP contribution in [0.1, 0.15) is 38.2 Å². The van der Waals surface area contributed by atoms with Gasteiger partial charge in [0, 0.05) is 18.1 Å². The SMILES string of the molecule is CCCCCC[n+]1cccc(CN2C(=O)[C@@H]3[C@H](C2=O)[C@H]2C=C[C@@H]3O2)c1.[Br-]. The van der Waals surface area contributed by atoms with Crippen LogP contribution in [-0.4, -0.2) is 28.9 Å². The average molecular weight is 421 g/mol. The van der Waals surface area contributed by atoms with Crippen molar-refractivity contribution in [2.24, 2.45) is 11.8 Å². The first-order chi connectivity index (χ1) is 12.2. The second-order valence-corrected chi connectivity index (χ2v) is 7.28. The van der Waals surface area contributed by atoms with Gasteiger partial charge in [-0.1, -0.05) is 31.9 Å². The van der Waals surface area contributed by atoms with E-state index >= 15 is 0 Å². The number of fused-ring (bicyclic) bond motifs is 5. The van der Waals surface area contributed by atoms with Crippen molar-refractivity contribution in [2.45, 2.75) is 57.9 Å². The molecule has 2 saturated heterocycles. The van der Waals surface area contributed by atoms with Crippen molar-refractivity contribution < 1.29 is 35.9 Å². The number of carbonyl (C=O) groups is 2. The lowest BCUT2D eigenvalue weighted by atomic mass is 9.85. The molecule has 26 heavy (non-hydrogen) atoms. The topological polar surface area (TPSA) is 50.5 Å². The van der Waals surface area contributed by atoms with Gasteiger partial charge in [-0.25, -0.2) is 4.57 Å². The standard InChI is InChI=1S/C20H25N2O3.BrH/c1-2-3-4-5-10-21-11-6-7-14(12-21)13-22-19(23)17-15-8-9-16(25-15)18(17)20(22)24;/h6-9,11-12,15-18H,2-5,10,13H2,1H3;1H/q+1;/p-1/t15-,16+,17-,18+;. The molecule has 2 fully saturated rings. The maximum atomic E-state index is 12.7. The van der Waals surface area contributed by atoms with Gasteiger partial charge in [-0.3, -0.25) is 14.5 Å². The molecule has 6 heteroatoms. The molecule has 1 aromatic heterocycles. The van der Waals surface area contributed by atoms with Gasteiger partial charge in [0.1, 0.15) is 6.54 Å². The number of pyridine rings is 1. The third-order valence-electron chi connectivity index (χ3n) is 5.53. The second-order valence-electron chi connectivity index (χ2n) is 7.28. The van der Waals surface area contributed by atoms with Crippen LogP contribution in [0.5, 0.6) is 0 Å². The van der Waals surface area contributed by atoms with Crippen LogP contribution in [0, 0.1) is 11.8 Å². The highest BCUT2D eigenvalue weighted by Gasteiger charge is 2.60. The predicted octanol–water partition coefficient (Wildman–Crippen LogP) is -1.00. The summed E-state index contributed by atoms with van der Waals surface area (Å²) in [6.45, 7) is 3.54. The number of rotatable bonds is 7. The predicted molar refractivity (Wildman–Crippen MR) is 91.1 cm³/mol. The molecule has 0 saturated carbocycles. The molecule has 4 atom stereocenters. The number of likely N-dealkylation sites (tertiary alicyclic amines) is 1. The van der Waals surface area contributed by atoms with Crippen LogP contribution in [0.25, 0.3) is 0 Å². The van der Waals surface area contributed by atoms with E-state index in [1.54, 1.807) is 0 Å². The van der Waals surface area contributed by atoms with E-state index in [-0.39, 0.29) is 52.8 Å². The van der Waals surface area contributed by atoms with E-state index in [0.29, 0.717) is 6.54 Å². The van der Waals surface area contributed by atoms with Crippen molar-refractivity contribution in [2.75, 3.05) is 0 Å². The van der Waals surface area contributed by atoms with Crippen molar-refractivity contribution in [3.63, 3.8) is 0 Å². The summed E-state index contributed by atoms with van der Waals surface area (Å²) in [6.07, 6.45) is 12.4. The molecule has 4 rings (SSSR count). The molecule has 0 N–H and O–H groups in total. The van der Waals surface area contributed by atoms with Gasteiger partial charge in [0.05, 0.1) is 30.6 Å². The number of hydrogen-bond donors (Lipinski definition) is 0. The van der Waals surface area contributed by atoms with Crippen LogP contribution in [0.4, 0.5) is 0 Å². The zero-order valence-electron chi connectivity index (χ0n) is 15.0. The lowest BCUT2D eigenvalue weighted by molar-refractivity contribution is -0.697. The number of imide groups is 1. The number of aromatic nitrogens is 1. The van der Waals surface area contributed by atoms with Gasteiger partial charge in [0.15, 0.2) is 12.4 Å². The zero-order valence-corrected chi connectivity index (χ0v) is 16.6. The first-order valence-electron chi connectivity index (χ1n) is 9.36. The van der Waals surface area contributed by atoms with E-state index < -0.39 is 0 Å². The van der Waals surface area contributed by atoms with Gasteiger partial charge in [-0.15, -0.1) is 0 Å². The van der Waals surface area contributed by atoms with Gasteiger partial charge in [0.2, 0.25) is 11.8 Å². The number of carbonyl (C=O) groups excluding carboxylic acids is 2. The third-order valence-corrected chi connectivity index (χ3v) is 5.53. The molecule has 0 aliphatic carbocycles. The quantitative estimate of drug-likeness (QED) is 0.246. The molecule has 0 aromatic carbocycles. The van der Waals surface area contributed by atoms with Crippen molar-refractivity contribution >= 4 is 11.8 Å². The highest BCUT2D eigenvalue weighted by molar-refractivity contribution is 6.06. The third kappa shape index (κ3) is 3.37. The molecule has 2 amide bonds. The Hall–Kier alpha value is -1.53. The first kappa shape index (κ1) is 19.2. The van der Waals surface area contributed by atoms with Crippen LogP contribution >= 0.6 is 0 Å². The number of halogens is 1. The Morgan fingerprint density at radius 1 is 1.08 bits per heavy atom. The van der Waals surface area contributed by atoms with Crippen molar-refractivity contribution in [1.29, 1.82) is 0 Å². The van der Waals surface area contributed by atoms with Gasteiger partial charge in [-0.2, -0.15) is 0 Å². The van der Waals surface area contributed by atoms with E-state index in [9.17, 15) is 9.59 Å². The Kier molecular flexibility index (Phi) is 5.92. The minimum absolute atomic E-state index is 0. The van der Waals surface area contributed by atoms with Crippen molar-refractivity contribution in [3.8, 4) is 0 Å². The summed E-state index contributed by atoms with van der Waals surface area (Å²) >= 11 is 0. The molecule has 0 unspecified atom stereocenters. The summed E-state index contributed by atoms with van der Waals surface area (Å²) in [4.78, 5) is 26.8.